The lowest BCUT2D eigenvalue weighted by Gasteiger charge is -2.24. The van der Waals surface area contributed by atoms with E-state index in [1.54, 1.807) is 20.2 Å². The summed E-state index contributed by atoms with van der Waals surface area (Å²) in [6.45, 7) is 5.41. The van der Waals surface area contributed by atoms with E-state index in [-0.39, 0.29) is 18.2 Å². The van der Waals surface area contributed by atoms with E-state index >= 15 is 0 Å². The Labute approximate surface area is 167 Å². The molecule has 0 aliphatic heterocycles. The fourth-order valence-corrected chi connectivity index (χ4v) is 2.39. The maximum atomic E-state index is 12.3. The summed E-state index contributed by atoms with van der Waals surface area (Å²) >= 11 is 0. The zero-order chi connectivity index (χ0) is 20.4. The molecular weight excluding hydrogens is 354 g/mol. The zero-order valence-corrected chi connectivity index (χ0v) is 17.0. The third-order valence-corrected chi connectivity index (χ3v) is 4.29. The lowest BCUT2D eigenvalue weighted by atomic mass is 10.1. The minimum Gasteiger partial charge on any atom is -0.457 e. The molecule has 0 radical (unpaired) electrons. The largest absolute Gasteiger partial charge is 0.457 e. The van der Waals surface area contributed by atoms with Crippen molar-refractivity contribution in [3.8, 4) is 0 Å². The number of ether oxygens (including phenoxy) is 2. The minimum atomic E-state index is -0.338. The topological polar surface area (TPSA) is 72.0 Å². The van der Waals surface area contributed by atoms with E-state index in [2.05, 4.69) is 15.6 Å². The molecule has 2 aromatic rings. The fraction of sp³-hybridized carbons (Fsp3) is 0.364. The Morgan fingerprint density at radius 1 is 1.04 bits per heavy atom. The van der Waals surface area contributed by atoms with Crippen molar-refractivity contribution in [1.82, 2.24) is 10.6 Å². The number of aliphatic imine (C=N–C) groups is 1. The molecule has 0 aromatic heterocycles. The normalized spacial score (nSPS) is 11.8. The summed E-state index contributed by atoms with van der Waals surface area (Å²) in [4.78, 5) is 16.5. The summed E-state index contributed by atoms with van der Waals surface area (Å²) in [5.74, 6) is 0.331. The molecule has 150 valence electrons. The van der Waals surface area contributed by atoms with Gasteiger partial charge in [-0.3, -0.25) is 4.99 Å². The molecule has 0 saturated heterocycles. The van der Waals surface area contributed by atoms with E-state index in [9.17, 15) is 4.79 Å². The van der Waals surface area contributed by atoms with Crippen LogP contribution < -0.4 is 10.6 Å². The van der Waals surface area contributed by atoms with Crippen LogP contribution in [0.4, 0.5) is 0 Å². The summed E-state index contributed by atoms with van der Waals surface area (Å²) in [7, 11) is 3.40. The molecule has 28 heavy (non-hydrogen) atoms. The van der Waals surface area contributed by atoms with Gasteiger partial charge in [-0.05, 0) is 37.1 Å². The van der Waals surface area contributed by atoms with Crippen molar-refractivity contribution in [1.29, 1.82) is 0 Å². The van der Waals surface area contributed by atoms with Crippen molar-refractivity contribution < 1.29 is 14.3 Å². The Morgan fingerprint density at radius 3 is 2.43 bits per heavy atom. The Balaban J connectivity index is 1.88. The van der Waals surface area contributed by atoms with Crippen molar-refractivity contribution in [2.45, 2.75) is 32.6 Å². The SMILES string of the molecule is CN=C(NCc1cccc(C(=O)OCc2ccccc2)c1)NCC(C)(C)OC. The van der Waals surface area contributed by atoms with Crippen LogP contribution in [0.5, 0.6) is 0 Å². The van der Waals surface area contributed by atoms with Gasteiger partial charge in [-0.15, -0.1) is 0 Å². The van der Waals surface area contributed by atoms with Gasteiger partial charge in [0.2, 0.25) is 0 Å². The highest BCUT2D eigenvalue weighted by Gasteiger charge is 2.16. The van der Waals surface area contributed by atoms with Gasteiger partial charge in [0.25, 0.3) is 0 Å². The highest BCUT2D eigenvalue weighted by molar-refractivity contribution is 5.89. The second kappa shape index (κ2) is 10.5. The first-order valence-corrected chi connectivity index (χ1v) is 9.23. The molecule has 0 bridgehead atoms. The molecule has 0 saturated carbocycles. The van der Waals surface area contributed by atoms with E-state index < -0.39 is 0 Å². The maximum absolute atomic E-state index is 12.3. The average Bonchev–Trinajstić information content (AvgIpc) is 2.73. The lowest BCUT2D eigenvalue weighted by Crippen LogP contribution is -2.45. The first-order valence-electron chi connectivity index (χ1n) is 9.23. The number of hydrogen-bond acceptors (Lipinski definition) is 4. The van der Waals surface area contributed by atoms with Gasteiger partial charge in [-0.2, -0.15) is 0 Å². The standard InChI is InChI=1S/C22H29N3O3/c1-22(2,27-4)16-25-21(23-3)24-14-18-11-8-12-19(13-18)20(26)28-15-17-9-6-5-7-10-17/h5-13H,14-16H2,1-4H3,(H2,23,24,25). The van der Waals surface area contributed by atoms with Crippen LogP contribution in [-0.2, 0) is 22.6 Å². The first kappa shape index (κ1) is 21.4. The quantitative estimate of drug-likeness (QED) is 0.416. The van der Waals surface area contributed by atoms with Gasteiger partial charge in [0, 0.05) is 27.2 Å². The summed E-state index contributed by atoms with van der Waals surface area (Å²) < 4.78 is 10.8. The van der Waals surface area contributed by atoms with Crippen LogP contribution in [-0.4, -0.2) is 38.2 Å². The van der Waals surface area contributed by atoms with Crippen molar-refractivity contribution in [2.24, 2.45) is 4.99 Å². The molecule has 0 atom stereocenters. The van der Waals surface area contributed by atoms with E-state index in [1.165, 1.54) is 0 Å². The van der Waals surface area contributed by atoms with E-state index in [0.717, 1.165) is 11.1 Å². The molecule has 0 amide bonds. The number of benzene rings is 2. The number of methoxy groups -OCH3 is 1. The van der Waals surface area contributed by atoms with Crippen molar-refractivity contribution in [3.05, 3.63) is 71.3 Å². The number of guanidine groups is 1. The number of esters is 1. The van der Waals surface area contributed by atoms with Crippen LogP contribution >= 0.6 is 0 Å². The lowest BCUT2D eigenvalue weighted by molar-refractivity contribution is 0.0268. The second-order valence-electron chi connectivity index (χ2n) is 7.01. The molecule has 0 fully saturated rings. The van der Waals surface area contributed by atoms with Crippen molar-refractivity contribution >= 4 is 11.9 Å². The number of carbonyl (C=O) groups excluding carboxylic acids is 1. The Bertz CT molecular complexity index is 789. The predicted octanol–water partition coefficient (Wildman–Crippen LogP) is 3.13. The van der Waals surface area contributed by atoms with Crippen LogP contribution in [0, 0.1) is 0 Å². The molecular formula is C22H29N3O3. The molecule has 0 heterocycles. The summed E-state index contributed by atoms with van der Waals surface area (Å²) in [5, 5.41) is 6.47. The maximum Gasteiger partial charge on any atom is 0.338 e. The van der Waals surface area contributed by atoms with Gasteiger partial charge >= 0.3 is 5.97 Å². The Kier molecular flexibility index (Phi) is 8.02. The fourth-order valence-electron chi connectivity index (χ4n) is 2.39. The smallest absolute Gasteiger partial charge is 0.338 e. The van der Waals surface area contributed by atoms with Crippen molar-refractivity contribution in [2.75, 3.05) is 20.7 Å². The van der Waals surface area contributed by atoms with Crippen LogP contribution in [0.3, 0.4) is 0 Å². The third-order valence-electron chi connectivity index (χ3n) is 4.29. The summed E-state index contributed by atoms with van der Waals surface area (Å²) in [6, 6.07) is 17.0. The first-order chi connectivity index (χ1) is 13.4. The number of carbonyl (C=O) groups is 1. The highest BCUT2D eigenvalue weighted by atomic mass is 16.5. The van der Waals surface area contributed by atoms with E-state index in [4.69, 9.17) is 9.47 Å². The summed E-state index contributed by atoms with van der Waals surface area (Å²) in [5.41, 5.74) is 2.16. The number of nitrogens with one attached hydrogen (secondary N) is 2. The van der Waals surface area contributed by atoms with Crippen LogP contribution in [0.25, 0.3) is 0 Å². The van der Waals surface area contributed by atoms with Gasteiger partial charge in [-0.25, -0.2) is 4.79 Å². The highest BCUT2D eigenvalue weighted by Crippen LogP contribution is 2.09. The van der Waals surface area contributed by atoms with Gasteiger partial charge < -0.3 is 20.1 Å². The molecule has 0 aliphatic rings. The Morgan fingerprint density at radius 2 is 1.75 bits per heavy atom. The van der Waals surface area contributed by atoms with E-state index in [1.807, 2.05) is 62.4 Å². The molecule has 2 aromatic carbocycles. The monoisotopic (exact) mass is 383 g/mol. The Hall–Kier alpha value is -2.86. The van der Waals surface area contributed by atoms with Crippen LogP contribution in [0.1, 0.15) is 35.3 Å². The number of nitrogens with zero attached hydrogens (tertiary/aromatic N) is 1. The van der Waals surface area contributed by atoms with E-state index in [0.29, 0.717) is 24.6 Å². The molecule has 6 nitrogen and oxygen atoms in total. The minimum absolute atomic E-state index is 0.258. The average molecular weight is 383 g/mol. The molecule has 2 N–H and O–H groups in total. The van der Waals surface area contributed by atoms with Gasteiger partial charge in [0.15, 0.2) is 5.96 Å². The van der Waals surface area contributed by atoms with Gasteiger partial charge in [-0.1, -0.05) is 42.5 Å². The van der Waals surface area contributed by atoms with Crippen molar-refractivity contribution in [3.63, 3.8) is 0 Å². The van der Waals surface area contributed by atoms with Gasteiger partial charge in [0.1, 0.15) is 6.61 Å². The second-order valence-corrected chi connectivity index (χ2v) is 7.01. The number of hydrogen-bond donors (Lipinski definition) is 2. The third kappa shape index (κ3) is 7.04. The van der Waals surface area contributed by atoms with Gasteiger partial charge in [0.05, 0.1) is 11.2 Å². The molecule has 6 heteroatoms. The molecule has 2 rings (SSSR count). The predicted molar refractivity (Wildman–Crippen MR) is 111 cm³/mol. The number of rotatable bonds is 8. The van der Waals surface area contributed by atoms with Crippen LogP contribution in [0.15, 0.2) is 59.6 Å². The molecule has 0 unspecified atom stereocenters. The zero-order valence-electron chi connectivity index (χ0n) is 17.0. The summed E-state index contributed by atoms with van der Waals surface area (Å²) in [6.07, 6.45) is 0. The molecule has 0 aliphatic carbocycles. The van der Waals surface area contributed by atoms with Crippen LogP contribution in [0.2, 0.25) is 0 Å². The molecule has 0 spiro atoms.